The fourth-order valence-electron chi connectivity index (χ4n) is 1.91. The lowest BCUT2D eigenvalue weighted by molar-refractivity contribution is 0.390. The second-order valence-corrected chi connectivity index (χ2v) is 6.66. The lowest BCUT2D eigenvalue weighted by Crippen LogP contribution is -2.24. The molecule has 114 valence electrons. The molecular weight excluding hydrogens is 290 g/mol. The van der Waals surface area contributed by atoms with Crippen LogP contribution in [0.4, 0.5) is 0 Å². The molecule has 0 atom stereocenters. The van der Waals surface area contributed by atoms with Crippen LogP contribution in [0.1, 0.15) is 22.6 Å². The molecule has 2 aromatic rings. The summed E-state index contributed by atoms with van der Waals surface area (Å²) in [5.74, 6) is 0.605. The third-order valence-corrected chi connectivity index (χ3v) is 4.21. The van der Waals surface area contributed by atoms with Crippen molar-refractivity contribution in [3.63, 3.8) is 0 Å². The van der Waals surface area contributed by atoms with Crippen molar-refractivity contribution in [1.82, 2.24) is 15.2 Å². The summed E-state index contributed by atoms with van der Waals surface area (Å²) in [5, 5.41) is 6.79. The molecular formula is C14H19N3O3S. The zero-order valence-corrected chi connectivity index (χ0v) is 12.9. The number of sulfonamides is 1. The van der Waals surface area contributed by atoms with Crippen molar-refractivity contribution < 1.29 is 12.9 Å². The van der Waals surface area contributed by atoms with E-state index < -0.39 is 10.0 Å². The molecule has 0 aliphatic rings. The number of aryl methyl sites for hydroxylation is 1. The van der Waals surface area contributed by atoms with Gasteiger partial charge in [0, 0.05) is 12.6 Å². The third-order valence-electron chi connectivity index (χ3n) is 2.91. The fraction of sp³-hybridized carbons (Fsp3) is 0.357. The number of hydrogen-bond donors (Lipinski definition) is 2. The molecule has 0 aliphatic carbocycles. The molecule has 0 amide bonds. The van der Waals surface area contributed by atoms with Crippen LogP contribution in [0.25, 0.3) is 0 Å². The number of rotatable bonds is 7. The van der Waals surface area contributed by atoms with Gasteiger partial charge in [0.1, 0.15) is 5.76 Å². The summed E-state index contributed by atoms with van der Waals surface area (Å²) >= 11 is 0. The average molecular weight is 309 g/mol. The van der Waals surface area contributed by atoms with Gasteiger partial charge in [-0.3, -0.25) is 0 Å². The molecule has 6 nitrogen and oxygen atoms in total. The van der Waals surface area contributed by atoms with Gasteiger partial charge >= 0.3 is 0 Å². The molecule has 7 heteroatoms. The van der Waals surface area contributed by atoms with Crippen molar-refractivity contribution >= 4 is 10.0 Å². The van der Waals surface area contributed by atoms with E-state index >= 15 is 0 Å². The molecule has 0 aliphatic heterocycles. The van der Waals surface area contributed by atoms with Crippen LogP contribution < -0.4 is 10.0 Å². The highest BCUT2D eigenvalue weighted by atomic mass is 32.2. The van der Waals surface area contributed by atoms with Crippen LogP contribution in [0.3, 0.4) is 0 Å². The van der Waals surface area contributed by atoms with Crippen molar-refractivity contribution in [2.45, 2.75) is 25.8 Å². The first kappa shape index (κ1) is 15.7. The van der Waals surface area contributed by atoms with Crippen LogP contribution >= 0.6 is 0 Å². The lowest BCUT2D eigenvalue weighted by Gasteiger charge is -2.06. The van der Waals surface area contributed by atoms with Gasteiger partial charge in [-0.05, 0) is 25.1 Å². The Morgan fingerprint density at radius 2 is 1.81 bits per heavy atom. The zero-order chi connectivity index (χ0) is 15.3. The Bertz CT molecular complexity index is 678. The maximum Gasteiger partial charge on any atom is 0.216 e. The summed E-state index contributed by atoms with van der Waals surface area (Å²) in [6.45, 7) is 2.66. The SMILES string of the molecule is CNCc1ccc(CS(=O)(=O)NCc2cc(C)on2)cc1. The number of nitrogens with one attached hydrogen (secondary N) is 2. The summed E-state index contributed by atoms with van der Waals surface area (Å²) in [6.07, 6.45) is 0. The maximum atomic E-state index is 12.0. The second kappa shape index (κ2) is 6.84. The van der Waals surface area contributed by atoms with Crippen molar-refractivity contribution in [1.29, 1.82) is 0 Å². The Balaban J connectivity index is 1.93. The van der Waals surface area contributed by atoms with Crippen LogP contribution in [0.2, 0.25) is 0 Å². The van der Waals surface area contributed by atoms with Gasteiger partial charge in [0.05, 0.1) is 18.0 Å². The Hall–Kier alpha value is -1.70. The van der Waals surface area contributed by atoms with Gasteiger partial charge in [-0.2, -0.15) is 0 Å². The van der Waals surface area contributed by atoms with E-state index in [-0.39, 0.29) is 12.3 Å². The molecule has 1 aromatic carbocycles. The Morgan fingerprint density at radius 1 is 1.14 bits per heavy atom. The third kappa shape index (κ3) is 4.96. The standard InChI is InChI=1S/C14H19N3O3S/c1-11-7-14(17-20-11)9-16-21(18,19)10-13-5-3-12(4-6-13)8-15-2/h3-7,15-16H,8-10H2,1-2H3. The van der Waals surface area contributed by atoms with E-state index in [9.17, 15) is 8.42 Å². The van der Waals surface area contributed by atoms with E-state index in [4.69, 9.17) is 4.52 Å². The van der Waals surface area contributed by atoms with Gasteiger partial charge in [-0.15, -0.1) is 0 Å². The van der Waals surface area contributed by atoms with Gasteiger partial charge in [-0.1, -0.05) is 29.4 Å². The predicted molar refractivity (Wildman–Crippen MR) is 79.9 cm³/mol. The van der Waals surface area contributed by atoms with Gasteiger partial charge in [0.15, 0.2) is 0 Å². The molecule has 21 heavy (non-hydrogen) atoms. The Morgan fingerprint density at radius 3 is 2.38 bits per heavy atom. The Kier molecular flexibility index (Phi) is 5.11. The molecule has 0 radical (unpaired) electrons. The van der Waals surface area contributed by atoms with Gasteiger partial charge < -0.3 is 9.84 Å². The van der Waals surface area contributed by atoms with Crippen LogP contribution in [-0.2, 0) is 28.9 Å². The highest BCUT2D eigenvalue weighted by molar-refractivity contribution is 7.88. The van der Waals surface area contributed by atoms with E-state index in [2.05, 4.69) is 15.2 Å². The average Bonchev–Trinajstić information content (AvgIpc) is 2.85. The maximum absolute atomic E-state index is 12.0. The van der Waals surface area contributed by atoms with Crippen molar-refractivity contribution in [2.75, 3.05) is 7.05 Å². The summed E-state index contributed by atoms with van der Waals surface area (Å²) in [4.78, 5) is 0. The molecule has 0 unspecified atom stereocenters. The summed E-state index contributed by atoms with van der Waals surface area (Å²) in [6, 6.07) is 9.19. The van der Waals surface area contributed by atoms with Crippen LogP contribution in [0.15, 0.2) is 34.9 Å². The minimum atomic E-state index is -3.40. The normalized spacial score (nSPS) is 11.7. The van der Waals surface area contributed by atoms with Crippen LogP contribution in [0, 0.1) is 6.92 Å². The highest BCUT2D eigenvalue weighted by Gasteiger charge is 2.12. The van der Waals surface area contributed by atoms with Gasteiger partial charge in [-0.25, -0.2) is 13.1 Å². The fourth-order valence-corrected chi connectivity index (χ4v) is 3.01. The molecule has 0 bridgehead atoms. The van der Waals surface area contributed by atoms with Crippen molar-refractivity contribution in [3.8, 4) is 0 Å². The molecule has 0 saturated carbocycles. The van der Waals surface area contributed by atoms with E-state index in [1.165, 1.54) is 0 Å². The number of nitrogens with zero attached hydrogens (tertiary/aromatic N) is 1. The molecule has 0 spiro atoms. The molecule has 0 saturated heterocycles. The predicted octanol–water partition coefficient (Wildman–Crippen LogP) is 1.32. The lowest BCUT2D eigenvalue weighted by atomic mass is 10.1. The van der Waals surface area contributed by atoms with E-state index in [0.29, 0.717) is 11.5 Å². The van der Waals surface area contributed by atoms with Crippen LogP contribution in [-0.4, -0.2) is 20.6 Å². The number of aromatic nitrogens is 1. The highest BCUT2D eigenvalue weighted by Crippen LogP contribution is 2.09. The minimum Gasteiger partial charge on any atom is -0.361 e. The number of benzene rings is 1. The first-order chi connectivity index (χ1) is 9.98. The summed E-state index contributed by atoms with van der Waals surface area (Å²) < 4.78 is 31.4. The van der Waals surface area contributed by atoms with E-state index in [1.54, 1.807) is 13.0 Å². The second-order valence-electron chi connectivity index (χ2n) is 4.86. The Labute approximate surface area is 124 Å². The molecule has 2 rings (SSSR count). The van der Waals surface area contributed by atoms with Gasteiger partial charge in [0.25, 0.3) is 0 Å². The zero-order valence-electron chi connectivity index (χ0n) is 12.1. The summed E-state index contributed by atoms with van der Waals surface area (Å²) in [5.41, 5.74) is 2.43. The monoisotopic (exact) mass is 309 g/mol. The van der Waals surface area contributed by atoms with Crippen molar-refractivity contribution in [3.05, 3.63) is 52.9 Å². The topological polar surface area (TPSA) is 84.2 Å². The smallest absolute Gasteiger partial charge is 0.216 e. The molecule has 2 N–H and O–H groups in total. The first-order valence-corrected chi connectivity index (χ1v) is 8.26. The van der Waals surface area contributed by atoms with Crippen LogP contribution in [0.5, 0.6) is 0 Å². The quantitative estimate of drug-likeness (QED) is 0.806. The van der Waals surface area contributed by atoms with E-state index in [0.717, 1.165) is 17.7 Å². The largest absolute Gasteiger partial charge is 0.361 e. The molecule has 1 aromatic heterocycles. The summed E-state index contributed by atoms with van der Waals surface area (Å²) in [7, 11) is -1.53. The molecule has 0 fully saturated rings. The number of hydrogen-bond acceptors (Lipinski definition) is 5. The first-order valence-electron chi connectivity index (χ1n) is 6.60. The van der Waals surface area contributed by atoms with E-state index in [1.807, 2.05) is 31.3 Å². The molecule has 1 heterocycles. The van der Waals surface area contributed by atoms with Gasteiger partial charge in [0.2, 0.25) is 10.0 Å². The van der Waals surface area contributed by atoms with Crippen molar-refractivity contribution in [2.24, 2.45) is 0 Å². The minimum absolute atomic E-state index is 0.0519.